The molecule has 1 aromatic heterocycles. The molecular formula is C7H5Cl3O2. The Hall–Kier alpha value is 0.110. The second kappa shape index (κ2) is 2.55. The van der Waals surface area contributed by atoms with Crippen LogP contribution in [0.5, 0.6) is 0 Å². The van der Waals surface area contributed by atoms with Gasteiger partial charge in [0.15, 0.2) is 5.60 Å². The van der Waals surface area contributed by atoms with E-state index >= 15 is 0 Å². The van der Waals surface area contributed by atoms with Crippen LogP contribution in [-0.2, 0) is 10.3 Å². The van der Waals surface area contributed by atoms with Crippen LogP contribution in [0, 0.1) is 0 Å². The lowest BCUT2D eigenvalue weighted by molar-refractivity contribution is 0.268. The molecule has 66 valence electrons. The van der Waals surface area contributed by atoms with Crippen LogP contribution in [0.15, 0.2) is 22.8 Å². The van der Waals surface area contributed by atoms with Crippen LogP contribution >= 0.6 is 34.8 Å². The molecule has 1 fully saturated rings. The van der Waals surface area contributed by atoms with Gasteiger partial charge in [-0.1, -0.05) is 34.8 Å². The molecule has 12 heavy (non-hydrogen) atoms. The first kappa shape index (κ1) is 8.70. The first-order valence-corrected chi connectivity index (χ1v) is 4.44. The van der Waals surface area contributed by atoms with Crippen LogP contribution in [-0.4, -0.2) is 10.4 Å². The Balaban J connectivity index is 2.35. The molecule has 1 aliphatic heterocycles. The van der Waals surface area contributed by atoms with Gasteiger partial charge in [-0.3, -0.25) is 0 Å². The molecule has 0 spiro atoms. The van der Waals surface area contributed by atoms with Crippen molar-refractivity contribution in [1.82, 2.24) is 0 Å². The third-order valence-electron chi connectivity index (χ3n) is 1.81. The van der Waals surface area contributed by atoms with Crippen LogP contribution in [0.2, 0.25) is 0 Å². The fraction of sp³-hybridized carbons (Fsp3) is 0.429. The molecule has 0 saturated carbocycles. The molecule has 1 aliphatic rings. The highest BCUT2D eigenvalue weighted by atomic mass is 35.6. The van der Waals surface area contributed by atoms with Gasteiger partial charge >= 0.3 is 0 Å². The highest BCUT2D eigenvalue weighted by Crippen LogP contribution is 2.55. The summed E-state index contributed by atoms with van der Waals surface area (Å²) in [6.07, 6.45) is 1.52. The van der Waals surface area contributed by atoms with Crippen molar-refractivity contribution in [3.8, 4) is 0 Å². The Labute approximate surface area is 84.3 Å². The van der Waals surface area contributed by atoms with Crippen LogP contribution in [0.3, 0.4) is 0 Å². The molecule has 2 heterocycles. The molecule has 5 heteroatoms. The zero-order valence-corrected chi connectivity index (χ0v) is 8.16. The number of hydrogen-bond acceptors (Lipinski definition) is 2. The van der Waals surface area contributed by atoms with Crippen molar-refractivity contribution < 1.29 is 9.15 Å². The maximum Gasteiger partial charge on any atom is 0.228 e. The smallest absolute Gasteiger partial charge is 0.228 e. The fourth-order valence-corrected chi connectivity index (χ4v) is 1.63. The highest BCUT2D eigenvalue weighted by molar-refractivity contribution is 6.68. The average molecular weight is 227 g/mol. The number of alkyl halides is 3. The van der Waals surface area contributed by atoms with Gasteiger partial charge in [0.25, 0.3) is 0 Å². The van der Waals surface area contributed by atoms with E-state index in [2.05, 4.69) is 0 Å². The van der Waals surface area contributed by atoms with E-state index in [9.17, 15) is 0 Å². The SMILES string of the molecule is ClC(Cl)(Cl)C1(c2ccco2)CO1. The lowest BCUT2D eigenvalue weighted by atomic mass is 10.1. The average Bonchev–Trinajstić information content (AvgIpc) is 2.61. The minimum atomic E-state index is -1.47. The predicted octanol–water partition coefficient (Wildman–Crippen LogP) is 2.88. The number of furan rings is 1. The largest absolute Gasteiger partial charge is 0.466 e. The topological polar surface area (TPSA) is 25.7 Å². The monoisotopic (exact) mass is 226 g/mol. The summed E-state index contributed by atoms with van der Waals surface area (Å²) in [5.41, 5.74) is -0.860. The Morgan fingerprint density at radius 2 is 2.08 bits per heavy atom. The summed E-state index contributed by atoms with van der Waals surface area (Å²) in [5.74, 6) is 0.558. The summed E-state index contributed by atoms with van der Waals surface area (Å²) in [4.78, 5) is 0. The fourth-order valence-electron chi connectivity index (χ4n) is 1.03. The lowest BCUT2D eigenvalue weighted by Gasteiger charge is -2.17. The minimum absolute atomic E-state index is 0.386. The summed E-state index contributed by atoms with van der Waals surface area (Å²) in [6, 6.07) is 3.46. The van der Waals surface area contributed by atoms with Gasteiger partial charge in [0, 0.05) is 0 Å². The standard InChI is InChI=1S/C7H5Cl3O2/c8-7(9,10)6(4-12-6)5-2-1-3-11-5/h1-3H,4H2. The van der Waals surface area contributed by atoms with E-state index in [1.54, 1.807) is 12.1 Å². The number of epoxide rings is 1. The normalized spacial score (nSPS) is 28.9. The molecule has 2 rings (SSSR count). The summed E-state index contributed by atoms with van der Waals surface area (Å²) in [6.45, 7) is 0.386. The van der Waals surface area contributed by atoms with Gasteiger partial charge in [-0.05, 0) is 12.1 Å². The van der Waals surface area contributed by atoms with E-state index < -0.39 is 9.39 Å². The molecule has 1 aromatic rings. The Bertz CT molecular complexity index is 271. The van der Waals surface area contributed by atoms with Crippen molar-refractivity contribution in [1.29, 1.82) is 0 Å². The first-order valence-electron chi connectivity index (χ1n) is 3.31. The lowest BCUT2D eigenvalue weighted by Crippen LogP contribution is -2.26. The van der Waals surface area contributed by atoms with Crippen LogP contribution in [0.4, 0.5) is 0 Å². The number of ether oxygens (including phenoxy) is 1. The molecule has 0 aromatic carbocycles. The minimum Gasteiger partial charge on any atom is -0.466 e. The highest BCUT2D eigenvalue weighted by Gasteiger charge is 2.63. The number of hydrogen-bond donors (Lipinski definition) is 0. The summed E-state index contributed by atoms with van der Waals surface area (Å²) in [7, 11) is 0. The third-order valence-corrected chi connectivity index (χ3v) is 2.73. The Kier molecular flexibility index (Phi) is 1.85. The van der Waals surface area contributed by atoms with E-state index in [0.29, 0.717) is 12.4 Å². The van der Waals surface area contributed by atoms with Crippen molar-refractivity contribution in [2.24, 2.45) is 0 Å². The van der Waals surface area contributed by atoms with E-state index in [0.717, 1.165) is 0 Å². The van der Waals surface area contributed by atoms with Crippen molar-refractivity contribution >= 4 is 34.8 Å². The second-order valence-electron chi connectivity index (χ2n) is 2.59. The summed E-state index contributed by atoms with van der Waals surface area (Å²) < 4.78 is 8.76. The van der Waals surface area contributed by atoms with Crippen molar-refractivity contribution in [2.75, 3.05) is 6.61 Å². The van der Waals surface area contributed by atoms with Crippen LogP contribution < -0.4 is 0 Å². The zero-order chi connectivity index (χ0) is 8.82. The molecular weight excluding hydrogens is 222 g/mol. The maximum absolute atomic E-state index is 5.72. The molecule has 0 N–H and O–H groups in total. The number of rotatable bonds is 1. The van der Waals surface area contributed by atoms with Gasteiger partial charge in [-0.15, -0.1) is 0 Å². The first-order chi connectivity index (χ1) is 5.56. The molecule has 0 bridgehead atoms. The summed E-state index contributed by atoms with van der Waals surface area (Å²) >= 11 is 17.2. The van der Waals surface area contributed by atoms with E-state index in [1.807, 2.05) is 0 Å². The molecule has 0 amide bonds. The van der Waals surface area contributed by atoms with Crippen LogP contribution in [0.25, 0.3) is 0 Å². The van der Waals surface area contributed by atoms with Gasteiger partial charge in [0.05, 0.1) is 12.9 Å². The van der Waals surface area contributed by atoms with E-state index in [4.69, 9.17) is 44.0 Å². The van der Waals surface area contributed by atoms with Gasteiger partial charge in [0.2, 0.25) is 3.79 Å². The van der Waals surface area contributed by atoms with Gasteiger partial charge in [0.1, 0.15) is 5.76 Å². The number of halogens is 3. The second-order valence-corrected chi connectivity index (χ2v) is 4.87. The Morgan fingerprint density at radius 3 is 2.42 bits per heavy atom. The van der Waals surface area contributed by atoms with Crippen molar-refractivity contribution in [2.45, 2.75) is 9.39 Å². The summed E-state index contributed by atoms with van der Waals surface area (Å²) in [5, 5.41) is 0. The quantitative estimate of drug-likeness (QED) is 0.544. The van der Waals surface area contributed by atoms with Crippen molar-refractivity contribution in [3.05, 3.63) is 24.2 Å². The third kappa shape index (κ3) is 1.14. The maximum atomic E-state index is 5.72. The molecule has 0 radical (unpaired) electrons. The molecule has 1 saturated heterocycles. The zero-order valence-electron chi connectivity index (χ0n) is 5.89. The van der Waals surface area contributed by atoms with Crippen LogP contribution in [0.1, 0.15) is 5.76 Å². The predicted molar refractivity (Wildman–Crippen MR) is 46.6 cm³/mol. The van der Waals surface area contributed by atoms with E-state index in [1.165, 1.54) is 6.26 Å². The molecule has 2 nitrogen and oxygen atoms in total. The van der Waals surface area contributed by atoms with Gasteiger partial charge in [-0.2, -0.15) is 0 Å². The Morgan fingerprint density at radius 1 is 1.42 bits per heavy atom. The van der Waals surface area contributed by atoms with Crippen molar-refractivity contribution in [3.63, 3.8) is 0 Å². The molecule has 1 atom stereocenters. The van der Waals surface area contributed by atoms with Gasteiger partial charge in [-0.25, -0.2) is 0 Å². The van der Waals surface area contributed by atoms with Gasteiger partial charge < -0.3 is 9.15 Å². The van der Waals surface area contributed by atoms with E-state index in [-0.39, 0.29) is 0 Å². The molecule has 0 aliphatic carbocycles. The molecule has 1 unspecified atom stereocenters.